The van der Waals surface area contributed by atoms with Crippen LogP contribution < -0.4 is 10.1 Å². The highest BCUT2D eigenvalue weighted by Crippen LogP contribution is 2.28. The number of methoxy groups -OCH3 is 1. The highest BCUT2D eigenvalue weighted by Gasteiger charge is 2.05. The fourth-order valence-corrected chi connectivity index (χ4v) is 1.90. The van der Waals surface area contributed by atoms with Gasteiger partial charge in [-0.1, -0.05) is 17.7 Å². The highest BCUT2D eigenvalue weighted by molar-refractivity contribution is 6.32. The van der Waals surface area contributed by atoms with Crippen molar-refractivity contribution in [2.45, 2.75) is 0 Å². The van der Waals surface area contributed by atoms with Crippen molar-refractivity contribution >= 4 is 28.9 Å². The molecule has 4 nitrogen and oxygen atoms in total. The van der Waals surface area contributed by atoms with Gasteiger partial charge in [0.05, 0.1) is 17.7 Å². The predicted molar refractivity (Wildman–Crippen MR) is 74.7 cm³/mol. The van der Waals surface area contributed by atoms with Crippen LogP contribution in [-0.4, -0.2) is 18.2 Å². The molecule has 0 saturated carbocycles. The van der Waals surface area contributed by atoms with E-state index in [2.05, 4.69) is 5.32 Å². The molecular formula is C14H12ClNO3. The van der Waals surface area contributed by atoms with Crippen molar-refractivity contribution in [2.24, 2.45) is 0 Å². The molecule has 0 aromatic heterocycles. The van der Waals surface area contributed by atoms with E-state index in [-0.39, 0.29) is 5.56 Å². The first kappa shape index (κ1) is 13.2. The van der Waals surface area contributed by atoms with Gasteiger partial charge in [-0.3, -0.25) is 0 Å². The summed E-state index contributed by atoms with van der Waals surface area (Å²) < 4.78 is 5.06. The second-order valence-corrected chi connectivity index (χ2v) is 4.27. The molecule has 0 fully saturated rings. The van der Waals surface area contributed by atoms with Crippen LogP contribution in [0.3, 0.4) is 0 Å². The number of rotatable bonds is 4. The van der Waals surface area contributed by atoms with Gasteiger partial charge in [0.2, 0.25) is 0 Å². The summed E-state index contributed by atoms with van der Waals surface area (Å²) in [6.45, 7) is 0. The molecule has 0 bridgehead atoms. The van der Waals surface area contributed by atoms with Crippen LogP contribution in [0.5, 0.6) is 5.75 Å². The van der Waals surface area contributed by atoms with Crippen molar-refractivity contribution in [1.29, 1.82) is 0 Å². The molecule has 0 heterocycles. The van der Waals surface area contributed by atoms with E-state index in [4.69, 9.17) is 21.4 Å². The van der Waals surface area contributed by atoms with Crippen LogP contribution in [0.25, 0.3) is 0 Å². The van der Waals surface area contributed by atoms with Crippen molar-refractivity contribution < 1.29 is 14.6 Å². The predicted octanol–water partition coefficient (Wildman–Crippen LogP) is 3.79. The number of nitrogens with one attached hydrogen (secondary N) is 1. The van der Waals surface area contributed by atoms with E-state index in [0.717, 1.165) is 5.69 Å². The Balaban J connectivity index is 2.23. The maximum absolute atomic E-state index is 10.9. The normalized spacial score (nSPS) is 10.0. The Labute approximate surface area is 115 Å². The summed E-state index contributed by atoms with van der Waals surface area (Å²) in [6.07, 6.45) is 0. The van der Waals surface area contributed by atoms with Crippen molar-refractivity contribution in [3.8, 4) is 5.75 Å². The number of aromatic carboxylic acids is 1. The third kappa shape index (κ3) is 3.17. The van der Waals surface area contributed by atoms with Gasteiger partial charge in [0.1, 0.15) is 5.75 Å². The number of halogens is 1. The minimum atomic E-state index is -0.962. The lowest BCUT2D eigenvalue weighted by molar-refractivity contribution is 0.0697. The monoisotopic (exact) mass is 277 g/mol. The maximum Gasteiger partial charge on any atom is 0.335 e. The van der Waals surface area contributed by atoms with Crippen molar-refractivity contribution in [1.82, 2.24) is 0 Å². The summed E-state index contributed by atoms with van der Waals surface area (Å²) >= 11 is 6.02. The number of ether oxygens (including phenoxy) is 1. The molecule has 0 amide bonds. The molecule has 2 aromatic carbocycles. The highest BCUT2D eigenvalue weighted by atomic mass is 35.5. The maximum atomic E-state index is 10.9. The van der Waals surface area contributed by atoms with Gasteiger partial charge in [-0.2, -0.15) is 0 Å². The van der Waals surface area contributed by atoms with E-state index >= 15 is 0 Å². The Morgan fingerprint density at radius 3 is 2.58 bits per heavy atom. The van der Waals surface area contributed by atoms with E-state index in [9.17, 15) is 4.79 Å². The Bertz CT molecular complexity index is 613. The average molecular weight is 278 g/mol. The molecule has 0 atom stereocenters. The fraction of sp³-hybridized carbons (Fsp3) is 0.0714. The second kappa shape index (κ2) is 5.63. The summed E-state index contributed by atoms with van der Waals surface area (Å²) in [5, 5.41) is 12.5. The molecule has 19 heavy (non-hydrogen) atoms. The van der Waals surface area contributed by atoms with Crippen LogP contribution >= 0.6 is 11.6 Å². The SMILES string of the molecule is COc1ccc(Nc2cccc(C(=O)O)c2)cc1Cl. The average Bonchev–Trinajstić information content (AvgIpc) is 2.39. The van der Waals surface area contributed by atoms with Crippen molar-refractivity contribution in [3.63, 3.8) is 0 Å². The molecule has 5 heteroatoms. The second-order valence-electron chi connectivity index (χ2n) is 3.86. The first-order chi connectivity index (χ1) is 9.10. The molecule has 0 radical (unpaired) electrons. The minimum Gasteiger partial charge on any atom is -0.495 e. The number of hydrogen-bond donors (Lipinski definition) is 2. The third-order valence-corrected chi connectivity index (χ3v) is 2.85. The molecule has 0 aliphatic heterocycles. The summed E-state index contributed by atoms with van der Waals surface area (Å²) in [7, 11) is 1.55. The van der Waals surface area contributed by atoms with E-state index < -0.39 is 5.97 Å². The minimum absolute atomic E-state index is 0.226. The van der Waals surface area contributed by atoms with Crippen molar-refractivity contribution in [2.75, 3.05) is 12.4 Å². The summed E-state index contributed by atoms with van der Waals surface area (Å²) in [5.74, 6) is -0.372. The van der Waals surface area contributed by atoms with Gasteiger partial charge < -0.3 is 15.2 Å². The van der Waals surface area contributed by atoms with Gasteiger partial charge in [0.15, 0.2) is 0 Å². The number of carboxylic acid groups (broad SMARTS) is 1. The van der Waals surface area contributed by atoms with Gasteiger partial charge in [0.25, 0.3) is 0 Å². The molecule has 0 saturated heterocycles. The summed E-state index contributed by atoms with van der Waals surface area (Å²) in [4.78, 5) is 10.9. The van der Waals surface area contributed by atoms with Crippen LogP contribution in [0, 0.1) is 0 Å². The number of hydrogen-bond acceptors (Lipinski definition) is 3. The zero-order chi connectivity index (χ0) is 13.8. The smallest absolute Gasteiger partial charge is 0.335 e. The van der Waals surface area contributed by atoms with Gasteiger partial charge in [-0.25, -0.2) is 4.79 Å². The van der Waals surface area contributed by atoms with Gasteiger partial charge >= 0.3 is 5.97 Å². The molecule has 0 aliphatic carbocycles. The zero-order valence-corrected chi connectivity index (χ0v) is 10.9. The lowest BCUT2D eigenvalue weighted by atomic mass is 10.2. The Hall–Kier alpha value is -2.20. The molecule has 2 rings (SSSR count). The first-order valence-electron chi connectivity index (χ1n) is 5.54. The van der Waals surface area contributed by atoms with Gasteiger partial charge in [-0.15, -0.1) is 0 Å². The molecule has 2 N–H and O–H groups in total. The van der Waals surface area contributed by atoms with Crippen LogP contribution in [0.2, 0.25) is 5.02 Å². The standard InChI is InChI=1S/C14H12ClNO3/c1-19-13-6-5-11(8-12(13)15)16-10-4-2-3-9(7-10)14(17)18/h2-8,16H,1H3,(H,17,18). The number of anilines is 2. The Morgan fingerprint density at radius 1 is 1.21 bits per heavy atom. The quantitative estimate of drug-likeness (QED) is 0.893. The molecule has 0 spiro atoms. The molecule has 0 unspecified atom stereocenters. The van der Waals surface area contributed by atoms with E-state index in [1.54, 1.807) is 43.5 Å². The largest absolute Gasteiger partial charge is 0.495 e. The zero-order valence-electron chi connectivity index (χ0n) is 10.2. The fourth-order valence-electron chi connectivity index (χ4n) is 1.64. The Morgan fingerprint density at radius 2 is 1.95 bits per heavy atom. The molecule has 2 aromatic rings. The van der Waals surface area contributed by atoms with Crippen molar-refractivity contribution in [3.05, 3.63) is 53.1 Å². The molecule has 98 valence electrons. The number of benzene rings is 2. The summed E-state index contributed by atoms with van der Waals surface area (Å²) in [6, 6.07) is 11.8. The topological polar surface area (TPSA) is 58.6 Å². The lowest BCUT2D eigenvalue weighted by Crippen LogP contribution is -1.98. The van der Waals surface area contributed by atoms with E-state index in [0.29, 0.717) is 16.5 Å². The van der Waals surface area contributed by atoms with Gasteiger partial charge in [-0.05, 0) is 36.4 Å². The van der Waals surface area contributed by atoms with Crippen LogP contribution in [0.15, 0.2) is 42.5 Å². The van der Waals surface area contributed by atoms with E-state index in [1.807, 2.05) is 0 Å². The van der Waals surface area contributed by atoms with Crippen LogP contribution in [0.1, 0.15) is 10.4 Å². The van der Waals surface area contributed by atoms with E-state index in [1.165, 1.54) is 6.07 Å². The van der Waals surface area contributed by atoms with Gasteiger partial charge in [0, 0.05) is 11.4 Å². The lowest BCUT2D eigenvalue weighted by Gasteiger charge is -2.09. The summed E-state index contributed by atoms with van der Waals surface area (Å²) in [5.41, 5.74) is 1.67. The number of carboxylic acids is 1. The van der Waals surface area contributed by atoms with Crippen LogP contribution in [0.4, 0.5) is 11.4 Å². The number of carbonyl (C=O) groups is 1. The first-order valence-corrected chi connectivity index (χ1v) is 5.92. The molecular weight excluding hydrogens is 266 g/mol. The molecule has 0 aliphatic rings. The van der Waals surface area contributed by atoms with Crippen LogP contribution in [-0.2, 0) is 0 Å². The third-order valence-electron chi connectivity index (χ3n) is 2.55. The Kier molecular flexibility index (Phi) is 3.92.